The van der Waals surface area contributed by atoms with Gasteiger partial charge < -0.3 is 15.3 Å². The molecule has 0 unspecified atom stereocenters. The molecule has 3 aliphatic carbocycles. The summed E-state index contributed by atoms with van der Waals surface area (Å²) in [7, 11) is 0. The minimum absolute atomic E-state index is 0.118. The molecule has 3 heteroatoms. The molecule has 0 saturated heterocycles. The van der Waals surface area contributed by atoms with E-state index in [9.17, 15) is 15.3 Å². The molecule has 3 aliphatic rings. The fraction of sp³-hybridized carbons (Fsp3) is 0.900. The lowest BCUT2D eigenvalue weighted by atomic mass is 9.64. The second-order valence-electron chi connectivity index (χ2n) is 9.31. The summed E-state index contributed by atoms with van der Waals surface area (Å²) >= 11 is 0. The van der Waals surface area contributed by atoms with Crippen LogP contribution in [0.15, 0.2) is 11.6 Å². The molecule has 0 heterocycles. The molecule has 0 radical (unpaired) electrons. The lowest BCUT2D eigenvalue weighted by Crippen LogP contribution is -2.45. The molecule has 0 spiro atoms. The zero-order valence-electron chi connectivity index (χ0n) is 15.1. The first-order valence-electron chi connectivity index (χ1n) is 9.41. The smallest absolute Gasteiger partial charge is 0.0709 e. The third kappa shape index (κ3) is 2.79. The quantitative estimate of drug-likeness (QED) is 0.685. The predicted octanol–water partition coefficient (Wildman–Crippen LogP) is 3.14. The molecule has 0 bridgehead atoms. The van der Waals surface area contributed by atoms with Crippen molar-refractivity contribution in [1.29, 1.82) is 0 Å². The van der Waals surface area contributed by atoms with Gasteiger partial charge in [0.2, 0.25) is 0 Å². The maximum Gasteiger partial charge on any atom is 0.0709 e. The Morgan fingerprint density at radius 3 is 2.61 bits per heavy atom. The zero-order chi connectivity index (χ0) is 17.0. The van der Waals surface area contributed by atoms with Crippen molar-refractivity contribution >= 4 is 0 Å². The van der Waals surface area contributed by atoms with Crippen LogP contribution in [0.25, 0.3) is 0 Å². The van der Waals surface area contributed by atoms with E-state index < -0.39 is 11.7 Å². The summed E-state index contributed by atoms with van der Waals surface area (Å²) in [6, 6.07) is 0. The SMILES string of the molecule is CC(C)[C@@H]1CC[C@@]2(C)C[C@H]3[C@@H](CO)C[C@H](O)[C@@H]3[C@](C)(O)CC=C12. The highest BCUT2D eigenvalue weighted by atomic mass is 16.3. The number of hydrogen-bond acceptors (Lipinski definition) is 3. The average molecular weight is 322 g/mol. The van der Waals surface area contributed by atoms with Crippen LogP contribution >= 0.6 is 0 Å². The van der Waals surface area contributed by atoms with E-state index in [-0.39, 0.29) is 29.8 Å². The van der Waals surface area contributed by atoms with Crippen molar-refractivity contribution in [2.75, 3.05) is 6.61 Å². The molecule has 3 N–H and O–H groups in total. The van der Waals surface area contributed by atoms with Gasteiger partial charge in [-0.3, -0.25) is 0 Å². The predicted molar refractivity (Wildman–Crippen MR) is 91.8 cm³/mol. The highest BCUT2D eigenvalue weighted by Gasteiger charge is 2.55. The molecule has 0 aromatic rings. The van der Waals surface area contributed by atoms with Gasteiger partial charge in [0.1, 0.15) is 0 Å². The Hall–Kier alpha value is -0.380. The number of aliphatic hydroxyl groups excluding tert-OH is 2. The molecule has 3 nitrogen and oxygen atoms in total. The average Bonchev–Trinajstić information content (AvgIpc) is 2.93. The van der Waals surface area contributed by atoms with Gasteiger partial charge in [-0.1, -0.05) is 32.4 Å². The van der Waals surface area contributed by atoms with Crippen molar-refractivity contribution in [2.24, 2.45) is 35.0 Å². The second kappa shape index (κ2) is 5.86. The summed E-state index contributed by atoms with van der Waals surface area (Å²) in [5, 5.41) is 31.4. The molecular weight excluding hydrogens is 288 g/mol. The van der Waals surface area contributed by atoms with Crippen LogP contribution in [0.1, 0.15) is 59.8 Å². The maximum absolute atomic E-state index is 11.1. The van der Waals surface area contributed by atoms with Crippen LogP contribution in [0.5, 0.6) is 0 Å². The molecule has 23 heavy (non-hydrogen) atoms. The molecule has 0 aliphatic heterocycles. The topological polar surface area (TPSA) is 60.7 Å². The largest absolute Gasteiger partial charge is 0.396 e. The third-order valence-corrected chi connectivity index (χ3v) is 7.31. The van der Waals surface area contributed by atoms with E-state index in [1.807, 2.05) is 6.92 Å². The minimum atomic E-state index is -0.882. The zero-order valence-corrected chi connectivity index (χ0v) is 15.1. The van der Waals surface area contributed by atoms with Gasteiger partial charge in [-0.15, -0.1) is 0 Å². The van der Waals surface area contributed by atoms with E-state index >= 15 is 0 Å². The van der Waals surface area contributed by atoms with Crippen LogP contribution in [0.2, 0.25) is 0 Å². The van der Waals surface area contributed by atoms with E-state index in [1.54, 1.807) is 0 Å². The van der Waals surface area contributed by atoms with E-state index in [1.165, 1.54) is 18.4 Å². The Morgan fingerprint density at radius 1 is 1.30 bits per heavy atom. The van der Waals surface area contributed by atoms with Crippen molar-refractivity contribution in [1.82, 2.24) is 0 Å². The molecule has 3 rings (SSSR count). The standard InChI is InChI=1S/C20H34O3/c1-12(2)14-5-7-19(3)10-15-13(11-21)9-17(22)18(15)20(4,23)8-6-16(14)19/h6,12-15,17-18,21-23H,5,7-11H2,1-4H3/t13-,14+,15+,17+,18-,19+,20-/m1/s1. The van der Waals surface area contributed by atoms with E-state index in [0.29, 0.717) is 24.7 Å². The fourth-order valence-corrected chi connectivity index (χ4v) is 6.09. The van der Waals surface area contributed by atoms with Gasteiger partial charge in [0.05, 0.1) is 11.7 Å². The highest BCUT2D eigenvalue weighted by Crippen LogP contribution is 2.58. The first kappa shape index (κ1) is 17.4. The molecular formula is C20H34O3. The summed E-state index contributed by atoms with van der Waals surface area (Å²) in [6.45, 7) is 8.97. The summed E-state index contributed by atoms with van der Waals surface area (Å²) in [6.07, 6.45) is 6.47. The number of aliphatic hydroxyl groups is 3. The van der Waals surface area contributed by atoms with Gasteiger partial charge in [-0.25, -0.2) is 0 Å². The molecule has 0 amide bonds. The Balaban J connectivity index is 2.01. The van der Waals surface area contributed by atoms with Crippen molar-refractivity contribution in [3.8, 4) is 0 Å². The summed E-state index contributed by atoms with van der Waals surface area (Å²) < 4.78 is 0. The van der Waals surface area contributed by atoms with Crippen molar-refractivity contribution < 1.29 is 15.3 Å². The summed E-state index contributed by atoms with van der Waals surface area (Å²) in [5.41, 5.74) is 0.822. The third-order valence-electron chi connectivity index (χ3n) is 7.31. The number of allylic oxidation sites excluding steroid dienone is 1. The molecule has 2 saturated carbocycles. The maximum atomic E-state index is 11.1. The van der Waals surface area contributed by atoms with Crippen LogP contribution in [0, 0.1) is 35.0 Å². The van der Waals surface area contributed by atoms with Crippen molar-refractivity contribution in [2.45, 2.75) is 71.5 Å². The summed E-state index contributed by atoms with van der Waals surface area (Å²) in [5.74, 6) is 1.46. The van der Waals surface area contributed by atoms with Crippen LogP contribution in [0.4, 0.5) is 0 Å². The lowest BCUT2D eigenvalue weighted by Gasteiger charge is -2.43. The molecule has 0 aromatic carbocycles. The van der Waals surface area contributed by atoms with Gasteiger partial charge in [-0.2, -0.15) is 0 Å². The Morgan fingerprint density at radius 2 is 2.00 bits per heavy atom. The monoisotopic (exact) mass is 322 g/mol. The minimum Gasteiger partial charge on any atom is -0.396 e. The Kier molecular flexibility index (Phi) is 4.44. The van der Waals surface area contributed by atoms with E-state index in [2.05, 4.69) is 26.8 Å². The van der Waals surface area contributed by atoms with Crippen LogP contribution in [-0.4, -0.2) is 33.6 Å². The number of rotatable bonds is 2. The Bertz CT molecular complexity index is 481. The summed E-state index contributed by atoms with van der Waals surface area (Å²) in [4.78, 5) is 0. The van der Waals surface area contributed by atoms with Crippen LogP contribution < -0.4 is 0 Å². The first-order valence-corrected chi connectivity index (χ1v) is 9.41. The van der Waals surface area contributed by atoms with E-state index in [0.717, 1.165) is 6.42 Å². The fourth-order valence-electron chi connectivity index (χ4n) is 6.09. The van der Waals surface area contributed by atoms with Gasteiger partial charge in [0.25, 0.3) is 0 Å². The normalized spacial score (nSPS) is 50.3. The lowest BCUT2D eigenvalue weighted by molar-refractivity contribution is -0.0709. The Labute approximate surface area is 140 Å². The first-order chi connectivity index (χ1) is 10.7. The molecule has 132 valence electrons. The van der Waals surface area contributed by atoms with Gasteiger partial charge >= 0.3 is 0 Å². The van der Waals surface area contributed by atoms with Gasteiger partial charge in [0, 0.05) is 12.5 Å². The van der Waals surface area contributed by atoms with Crippen LogP contribution in [-0.2, 0) is 0 Å². The molecule has 2 fully saturated rings. The van der Waals surface area contributed by atoms with Crippen molar-refractivity contribution in [3.63, 3.8) is 0 Å². The van der Waals surface area contributed by atoms with E-state index in [4.69, 9.17) is 0 Å². The van der Waals surface area contributed by atoms with Gasteiger partial charge in [0.15, 0.2) is 0 Å². The van der Waals surface area contributed by atoms with Crippen molar-refractivity contribution in [3.05, 3.63) is 11.6 Å². The second-order valence-corrected chi connectivity index (χ2v) is 9.31. The number of hydrogen-bond donors (Lipinski definition) is 3. The van der Waals surface area contributed by atoms with Gasteiger partial charge in [-0.05, 0) is 68.1 Å². The molecule has 0 aromatic heterocycles. The number of fused-ring (bicyclic) bond motifs is 2. The highest BCUT2D eigenvalue weighted by molar-refractivity contribution is 5.26. The van der Waals surface area contributed by atoms with Crippen LogP contribution in [0.3, 0.4) is 0 Å². The molecule has 7 atom stereocenters.